The number of aromatic nitrogens is 2. The van der Waals surface area contributed by atoms with Gasteiger partial charge in [0, 0.05) is 6.20 Å². The van der Waals surface area contributed by atoms with E-state index in [0.29, 0.717) is 11.3 Å². The van der Waals surface area contributed by atoms with E-state index in [1.54, 1.807) is 24.5 Å². The van der Waals surface area contributed by atoms with Crippen LogP contribution in [-0.4, -0.2) is 14.9 Å². The topological polar surface area (TPSA) is 38.0 Å². The van der Waals surface area contributed by atoms with Gasteiger partial charge in [-0.1, -0.05) is 6.07 Å². The van der Waals surface area contributed by atoms with Crippen LogP contribution in [-0.2, 0) is 6.61 Å². The fourth-order valence-electron chi connectivity index (χ4n) is 1.27. The Kier molecular flexibility index (Phi) is 2.83. The van der Waals surface area contributed by atoms with Gasteiger partial charge in [-0.15, -0.1) is 0 Å². The van der Waals surface area contributed by atoms with Gasteiger partial charge >= 0.3 is 0 Å². The lowest BCUT2D eigenvalue weighted by molar-refractivity contribution is 0.281. The number of hydrogen-bond acceptors (Lipinski definition) is 2. The quantitative estimate of drug-likeness (QED) is 0.909. The van der Waals surface area contributed by atoms with Crippen LogP contribution >= 0.6 is 15.9 Å². The van der Waals surface area contributed by atoms with Gasteiger partial charge in [-0.05, 0) is 33.6 Å². The second kappa shape index (κ2) is 4.12. The number of aliphatic hydroxyl groups is 1. The highest BCUT2D eigenvalue weighted by atomic mass is 79.9. The van der Waals surface area contributed by atoms with Crippen LogP contribution in [0.1, 0.15) is 5.56 Å². The van der Waals surface area contributed by atoms with E-state index in [0.717, 1.165) is 4.47 Å². The van der Waals surface area contributed by atoms with Gasteiger partial charge in [0.15, 0.2) is 0 Å². The lowest BCUT2D eigenvalue weighted by Gasteiger charge is -2.04. The molecule has 0 saturated carbocycles. The van der Waals surface area contributed by atoms with E-state index >= 15 is 0 Å². The summed E-state index contributed by atoms with van der Waals surface area (Å²) >= 11 is 3.24. The van der Waals surface area contributed by atoms with Crippen molar-refractivity contribution >= 4 is 15.9 Å². The molecule has 78 valence electrons. The fraction of sp³-hybridized carbons (Fsp3) is 0.100. The van der Waals surface area contributed by atoms with Crippen LogP contribution < -0.4 is 0 Å². The van der Waals surface area contributed by atoms with Gasteiger partial charge < -0.3 is 5.11 Å². The normalized spacial score (nSPS) is 10.6. The zero-order valence-corrected chi connectivity index (χ0v) is 9.28. The highest BCUT2D eigenvalue weighted by Crippen LogP contribution is 2.17. The second-order valence-electron chi connectivity index (χ2n) is 3.05. The molecule has 0 radical (unpaired) electrons. The van der Waals surface area contributed by atoms with Crippen LogP contribution in [0, 0.1) is 5.82 Å². The summed E-state index contributed by atoms with van der Waals surface area (Å²) in [6.45, 7) is -0.167. The Balaban J connectivity index is 2.45. The minimum absolute atomic E-state index is 0.167. The summed E-state index contributed by atoms with van der Waals surface area (Å²) in [5, 5.41) is 12.8. The van der Waals surface area contributed by atoms with Crippen molar-refractivity contribution in [3.05, 3.63) is 46.4 Å². The predicted octanol–water partition coefficient (Wildman–Crippen LogP) is 2.27. The van der Waals surface area contributed by atoms with Crippen molar-refractivity contribution in [3.63, 3.8) is 0 Å². The van der Waals surface area contributed by atoms with Gasteiger partial charge in [0.1, 0.15) is 11.5 Å². The summed E-state index contributed by atoms with van der Waals surface area (Å²) in [5.74, 6) is -0.405. The molecule has 2 rings (SSSR count). The maximum atomic E-state index is 13.5. The summed E-state index contributed by atoms with van der Waals surface area (Å²) < 4.78 is 15.8. The van der Waals surface area contributed by atoms with Crippen molar-refractivity contribution in [2.24, 2.45) is 0 Å². The Morgan fingerprint density at radius 3 is 2.80 bits per heavy atom. The van der Waals surface area contributed by atoms with Gasteiger partial charge in [-0.25, -0.2) is 9.07 Å². The number of hydrogen-bond donors (Lipinski definition) is 1. The standard InChI is InChI=1S/C10H8BrFN2O/c11-8-4-13-14(5-8)10-2-1-7(6-15)3-9(10)12/h1-5,15H,6H2. The van der Waals surface area contributed by atoms with Crippen molar-refractivity contribution in [3.8, 4) is 5.69 Å². The Morgan fingerprint density at radius 1 is 1.47 bits per heavy atom. The molecule has 0 amide bonds. The number of rotatable bonds is 2. The fourth-order valence-corrected chi connectivity index (χ4v) is 1.55. The maximum Gasteiger partial charge on any atom is 0.149 e. The Labute approximate surface area is 94.3 Å². The number of nitrogens with zero attached hydrogens (tertiary/aromatic N) is 2. The molecule has 1 aromatic heterocycles. The van der Waals surface area contributed by atoms with E-state index in [9.17, 15) is 4.39 Å². The molecule has 15 heavy (non-hydrogen) atoms. The van der Waals surface area contributed by atoms with Gasteiger partial charge in [0.2, 0.25) is 0 Å². The molecular formula is C10H8BrFN2O. The summed E-state index contributed by atoms with van der Waals surface area (Å²) in [5.41, 5.74) is 0.903. The molecule has 0 aliphatic heterocycles. The largest absolute Gasteiger partial charge is 0.392 e. The highest BCUT2D eigenvalue weighted by Gasteiger charge is 2.06. The minimum Gasteiger partial charge on any atom is -0.392 e. The molecule has 0 fully saturated rings. The summed E-state index contributed by atoms with van der Waals surface area (Å²) in [6.07, 6.45) is 3.25. The van der Waals surface area contributed by atoms with Gasteiger partial charge in [-0.3, -0.25) is 0 Å². The molecule has 0 aliphatic carbocycles. The molecule has 2 aromatic rings. The van der Waals surface area contributed by atoms with Gasteiger partial charge in [-0.2, -0.15) is 5.10 Å². The van der Waals surface area contributed by atoms with E-state index in [2.05, 4.69) is 21.0 Å². The van der Waals surface area contributed by atoms with Gasteiger partial charge in [0.05, 0.1) is 17.3 Å². The Bertz CT molecular complexity index is 484. The van der Waals surface area contributed by atoms with Crippen LogP contribution in [0.3, 0.4) is 0 Å². The third-order valence-corrected chi connectivity index (χ3v) is 2.40. The maximum absolute atomic E-state index is 13.5. The van der Waals surface area contributed by atoms with Crippen molar-refractivity contribution < 1.29 is 9.50 Å². The molecule has 1 heterocycles. The molecule has 3 nitrogen and oxygen atoms in total. The molecule has 0 saturated heterocycles. The monoisotopic (exact) mass is 270 g/mol. The lowest BCUT2D eigenvalue weighted by atomic mass is 10.2. The molecule has 0 atom stereocenters. The Hall–Kier alpha value is -1.20. The number of benzene rings is 1. The van der Waals surface area contributed by atoms with Crippen molar-refractivity contribution in [1.82, 2.24) is 9.78 Å². The average molecular weight is 271 g/mol. The first kappa shape index (κ1) is 10.3. The molecule has 1 aromatic carbocycles. The summed E-state index contributed by atoms with van der Waals surface area (Å²) in [7, 11) is 0. The molecule has 0 bridgehead atoms. The second-order valence-corrected chi connectivity index (χ2v) is 3.96. The summed E-state index contributed by atoms with van der Waals surface area (Å²) in [4.78, 5) is 0. The molecule has 5 heteroatoms. The Morgan fingerprint density at radius 2 is 2.27 bits per heavy atom. The first-order valence-corrected chi connectivity index (χ1v) is 5.10. The average Bonchev–Trinajstić information content (AvgIpc) is 2.64. The van der Waals surface area contributed by atoms with Crippen LogP contribution in [0.4, 0.5) is 4.39 Å². The van der Waals surface area contributed by atoms with Gasteiger partial charge in [0.25, 0.3) is 0 Å². The van der Waals surface area contributed by atoms with E-state index in [4.69, 9.17) is 5.11 Å². The summed E-state index contributed by atoms with van der Waals surface area (Å²) in [6, 6.07) is 4.54. The van der Waals surface area contributed by atoms with E-state index in [1.807, 2.05) is 0 Å². The third-order valence-electron chi connectivity index (χ3n) is 1.99. The zero-order chi connectivity index (χ0) is 10.8. The van der Waals surface area contributed by atoms with Crippen LogP contribution in [0.2, 0.25) is 0 Å². The lowest BCUT2D eigenvalue weighted by Crippen LogP contribution is -1.99. The van der Waals surface area contributed by atoms with E-state index in [-0.39, 0.29) is 6.61 Å². The van der Waals surface area contributed by atoms with Crippen molar-refractivity contribution in [2.45, 2.75) is 6.61 Å². The highest BCUT2D eigenvalue weighted by molar-refractivity contribution is 9.10. The predicted molar refractivity (Wildman–Crippen MR) is 57.1 cm³/mol. The SMILES string of the molecule is OCc1ccc(-n2cc(Br)cn2)c(F)c1. The number of halogens is 2. The third kappa shape index (κ3) is 2.08. The first-order chi connectivity index (χ1) is 7.20. The van der Waals surface area contributed by atoms with E-state index in [1.165, 1.54) is 10.7 Å². The molecule has 0 spiro atoms. The molecule has 0 unspecified atom stereocenters. The van der Waals surface area contributed by atoms with Crippen LogP contribution in [0.25, 0.3) is 5.69 Å². The zero-order valence-electron chi connectivity index (χ0n) is 7.69. The van der Waals surface area contributed by atoms with Crippen LogP contribution in [0.5, 0.6) is 0 Å². The first-order valence-electron chi connectivity index (χ1n) is 4.30. The van der Waals surface area contributed by atoms with Crippen molar-refractivity contribution in [1.29, 1.82) is 0 Å². The molecule has 1 N–H and O–H groups in total. The van der Waals surface area contributed by atoms with E-state index < -0.39 is 5.82 Å². The molecular weight excluding hydrogens is 263 g/mol. The van der Waals surface area contributed by atoms with Crippen molar-refractivity contribution in [2.75, 3.05) is 0 Å². The minimum atomic E-state index is -0.405. The smallest absolute Gasteiger partial charge is 0.149 e. The number of aliphatic hydroxyl groups excluding tert-OH is 1. The van der Waals surface area contributed by atoms with Crippen LogP contribution in [0.15, 0.2) is 35.1 Å². The molecule has 0 aliphatic rings.